The van der Waals surface area contributed by atoms with Gasteiger partial charge in [-0.2, -0.15) is 0 Å². The summed E-state index contributed by atoms with van der Waals surface area (Å²) >= 11 is 0. The van der Waals surface area contributed by atoms with Crippen molar-refractivity contribution in [1.82, 2.24) is 0 Å². The van der Waals surface area contributed by atoms with Crippen LogP contribution in [0.3, 0.4) is 0 Å². The number of carbonyl (C=O) groups is 1. The first-order chi connectivity index (χ1) is 9.04. The van der Waals surface area contributed by atoms with Crippen molar-refractivity contribution in [2.45, 2.75) is 27.2 Å². The summed E-state index contributed by atoms with van der Waals surface area (Å²) in [4.78, 5) is 12.1. The molecule has 1 rings (SSSR count). The molecule has 0 saturated carbocycles. The summed E-state index contributed by atoms with van der Waals surface area (Å²) in [7, 11) is -1.09. The number of Topliss-reactive ketones (excluding diaryl/α,β-unsaturated/α-hetero) is 1. The lowest BCUT2D eigenvalue weighted by Gasteiger charge is -2.09. The van der Waals surface area contributed by atoms with E-state index in [2.05, 4.69) is 13.8 Å². The molecule has 1 unspecified atom stereocenters. The molecule has 0 saturated heterocycles. The Morgan fingerprint density at radius 3 is 2.63 bits per heavy atom. The maximum Gasteiger partial charge on any atom is 0.179 e. The minimum absolute atomic E-state index is 0.0802. The van der Waals surface area contributed by atoms with Gasteiger partial charge < -0.3 is 4.74 Å². The van der Waals surface area contributed by atoms with Crippen LogP contribution in [-0.4, -0.2) is 28.1 Å². The average Bonchev–Trinajstić information content (AvgIpc) is 2.37. The third kappa shape index (κ3) is 5.55. The first-order valence-electron chi connectivity index (χ1n) is 6.64. The molecule has 1 atom stereocenters. The van der Waals surface area contributed by atoms with E-state index in [9.17, 15) is 9.00 Å². The topological polar surface area (TPSA) is 43.4 Å². The molecule has 3 nitrogen and oxygen atoms in total. The molecule has 0 aliphatic rings. The van der Waals surface area contributed by atoms with Gasteiger partial charge >= 0.3 is 0 Å². The highest BCUT2D eigenvalue weighted by molar-refractivity contribution is 7.85. The van der Waals surface area contributed by atoms with Crippen molar-refractivity contribution in [1.29, 1.82) is 0 Å². The van der Waals surface area contributed by atoms with Crippen LogP contribution in [0.4, 0.5) is 0 Å². The Kier molecular flexibility index (Phi) is 6.78. The van der Waals surface area contributed by atoms with Gasteiger partial charge in [-0.15, -0.1) is 0 Å². The molecule has 0 aliphatic carbocycles. The second-order valence-electron chi connectivity index (χ2n) is 4.82. The quantitative estimate of drug-likeness (QED) is 0.688. The van der Waals surface area contributed by atoms with Gasteiger partial charge in [-0.1, -0.05) is 26.0 Å². The van der Waals surface area contributed by atoms with Crippen molar-refractivity contribution in [3.05, 3.63) is 29.8 Å². The largest absolute Gasteiger partial charge is 0.493 e. The first kappa shape index (κ1) is 15.9. The summed E-state index contributed by atoms with van der Waals surface area (Å²) in [5, 5.41) is 0. The highest BCUT2D eigenvalue weighted by Crippen LogP contribution is 2.19. The Balaban J connectivity index is 2.65. The molecule has 0 aromatic heterocycles. The number of rotatable bonds is 8. The normalized spacial score (nSPS) is 12.4. The van der Waals surface area contributed by atoms with Gasteiger partial charge in [-0.3, -0.25) is 9.00 Å². The molecule has 0 heterocycles. The highest BCUT2D eigenvalue weighted by Gasteiger charge is 2.15. The second kappa shape index (κ2) is 8.10. The van der Waals surface area contributed by atoms with E-state index in [1.807, 2.05) is 13.0 Å². The summed E-state index contributed by atoms with van der Waals surface area (Å²) in [6.45, 7) is 6.57. The molecule has 0 fully saturated rings. The molecule has 4 heteroatoms. The Hall–Kier alpha value is -1.16. The van der Waals surface area contributed by atoms with Crippen molar-refractivity contribution in [3.8, 4) is 5.75 Å². The van der Waals surface area contributed by atoms with Crippen LogP contribution in [0, 0.1) is 5.92 Å². The van der Waals surface area contributed by atoms with Crippen molar-refractivity contribution >= 4 is 16.6 Å². The van der Waals surface area contributed by atoms with Gasteiger partial charge in [0.25, 0.3) is 0 Å². The zero-order chi connectivity index (χ0) is 14.3. The molecule has 0 amide bonds. The number of hydrogen-bond acceptors (Lipinski definition) is 3. The van der Waals surface area contributed by atoms with Crippen molar-refractivity contribution in [2.24, 2.45) is 5.92 Å². The number of carbonyl (C=O) groups excluding carboxylic acids is 1. The monoisotopic (exact) mass is 282 g/mol. The zero-order valence-corrected chi connectivity index (χ0v) is 12.7. The van der Waals surface area contributed by atoms with E-state index in [1.54, 1.807) is 18.2 Å². The van der Waals surface area contributed by atoms with Crippen LogP contribution in [0.15, 0.2) is 24.3 Å². The summed E-state index contributed by atoms with van der Waals surface area (Å²) in [6, 6.07) is 7.13. The molecule has 0 radical (unpaired) electrons. The third-order valence-corrected chi connectivity index (χ3v) is 3.98. The van der Waals surface area contributed by atoms with Gasteiger partial charge in [0, 0.05) is 16.6 Å². The van der Waals surface area contributed by atoms with E-state index >= 15 is 0 Å². The standard InChI is InChI=1S/C15H22O3S/c1-4-18-15-8-6-5-7-13(15)14(16)11-19(17)10-9-12(2)3/h5-8,12H,4,9-11H2,1-3H3. The van der Waals surface area contributed by atoms with Crippen LogP contribution in [0.5, 0.6) is 5.75 Å². The van der Waals surface area contributed by atoms with Crippen LogP contribution in [-0.2, 0) is 10.8 Å². The maximum atomic E-state index is 12.1. The predicted octanol–water partition coefficient (Wildman–Crippen LogP) is 3.06. The molecule has 0 bridgehead atoms. The Morgan fingerprint density at radius 1 is 1.32 bits per heavy atom. The Labute approximate surface area is 117 Å². The Bertz CT molecular complexity index is 441. The lowest BCUT2D eigenvalue weighted by Crippen LogP contribution is -2.15. The molecule has 0 N–H and O–H groups in total. The lowest BCUT2D eigenvalue weighted by molar-refractivity contribution is 0.101. The number of benzene rings is 1. The SMILES string of the molecule is CCOc1ccccc1C(=O)CS(=O)CCC(C)C. The molecule has 1 aromatic carbocycles. The van der Waals surface area contributed by atoms with E-state index in [0.717, 1.165) is 6.42 Å². The van der Waals surface area contributed by atoms with Crippen LogP contribution in [0.2, 0.25) is 0 Å². The number of ether oxygens (including phenoxy) is 1. The van der Waals surface area contributed by atoms with Crippen molar-refractivity contribution < 1.29 is 13.7 Å². The van der Waals surface area contributed by atoms with Gasteiger partial charge in [0.05, 0.1) is 17.9 Å². The Morgan fingerprint density at radius 2 is 2.00 bits per heavy atom. The molecular weight excluding hydrogens is 260 g/mol. The second-order valence-corrected chi connectivity index (χ2v) is 6.40. The van der Waals surface area contributed by atoms with Gasteiger partial charge in [0.1, 0.15) is 5.75 Å². The van der Waals surface area contributed by atoms with Crippen LogP contribution in [0.25, 0.3) is 0 Å². The van der Waals surface area contributed by atoms with Crippen molar-refractivity contribution in [3.63, 3.8) is 0 Å². The molecule has 19 heavy (non-hydrogen) atoms. The minimum atomic E-state index is -1.09. The maximum absolute atomic E-state index is 12.1. The fourth-order valence-corrected chi connectivity index (χ4v) is 2.97. The zero-order valence-electron chi connectivity index (χ0n) is 11.8. The molecule has 0 aliphatic heterocycles. The summed E-state index contributed by atoms with van der Waals surface area (Å²) in [6.07, 6.45) is 0.882. The summed E-state index contributed by atoms with van der Waals surface area (Å²) in [5.41, 5.74) is 0.530. The molecule has 1 aromatic rings. The van der Waals surface area contributed by atoms with E-state index in [0.29, 0.717) is 29.6 Å². The minimum Gasteiger partial charge on any atom is -0.493 e. The van der Waals surface area contributed by atoms with Crippen LogP contribution < -0.4 is 4.74 Å². The van der Waals surface area contributed by atoms with Gasteiger partial charge in [-0.25, -0.2) is 0 Å². The van der Waals surface area contributed by atoms with Gasteiger partial charge in [0.2, 0.25) is 0 Å². The number of para-hydroxylation sites is 1. The smallest absolute Gasteiger partial charge is 0.179 e. The molecular formula is C15H22O3S. The first-order valence-corrected chi connectivity index (χ1v) is 8.13. The van der Waals surface area contributed by atoms with E-state index < -0.39 is 10.8 Å². The summed E-state index contributed by atoms with van der Waals surface area (Å²) < 4.78 is 17.3. The van der Waals surface area contributed by atoms with E-state index in [-0.39, 0.29) is 11.5 Å². The predicted molar refractivity (Wildman–Crippen MR) is 79.3 cm³/mol. The molecule has 106 valence electrons. The average molecular weight is 282 g/mol. The fraction of sp³-hybridized carbons (Fsp3) is 0.533. The van der Waals surface area contributed by atoms with E-state index in [4.69, 9.17) is 4.74 Å². The van der Waals surface area contributed by atoms with Crippen molar-refractivity contribution in [2.75, 3.05) is 18.1 Å². The third-order valence-electron chi connectivity index (χ3n) is 2.70. The molecule has 0 spiro atoms. The van der Waals surface area contributed by atoms with Crippen LogP contribution >= 0.6 is 0 Å². The van der Waals surface area contributed by atoms with Crippen LogP contribution in [0.1, 0.15) is 37.6 Å². The van der Waals surface area contributed by atoms with Gasteiger partial charge in [0.15, 0.2) is 5.78 Å². The van der Waals surface area contributed by atoms with Gasteiger partial charge in [-0.05, 0) is 31.4 Å². The number of ketones is 1. The fourth-order valence-electron chi connectivity index (χ4n) is 1.64. The highest BCUT2D eigenvalue weighted by atomic mass is 32.2. The van der Waals surface area contributed by atoms with E-state index in [1.165, 1.54) is 0 Å². The summed E-state index contributed by atoms with van der Waals surface area (Å²) in [5.74, 6) is 1.65. The lowest BCUT2D eigenvalue weighted by atomic mass is 10.1. The number of hydrogen-bond donors (Lipinski definition) is 0.